The Balaban J connectivity index is 2.39. The fraction of sp³-hybridized carbons (Fsp3) is 0.800. The van der Waals surface area contributed by atoms with Crippen molar-refractivity contribution in [1.82, 2.24) is 5.32 Å². The summed E-state index contributed by atoms with van der Waals surface area (Å²) in [5.41, 5.74) is 7.03. The van der Waals surface area contributed by atoms with Gasteiger partial charge in [0.2, 0.25) is 0 Å². The molecule has 0 amide bonds. The minimum absolute atomic E-state index is 0.162. The lowest BCUT2D eigenvalue weighted by Gasteiger charge is -2.28. The molecule has 70 valence electrons. The average Bonchev–Trinajstić information content (AvgIpc) is 2.17. The molecule has 1 saturated carbocycles. The molecule has 0 saturated heterocycles. The second-order valence-electron chi connectivity index (χ2n) is 3.70. The SMILES string of the molecule is C=C(NC)[C@@H](N)C1CCCCC1. The number of nitrogens with one attached hydrogen (secondary N) is 1. The number of rotatable bonds is 3. The number of hydrogen-bond donors (Lipinski definition) is 2. The molecule has 1 fully saturated rings. The van der Waals surface area contributed by atoms with Crippen molar-refractivity contribution in [3.8, 4) is 0 Å². The van der Waals surface area contributed by atoms with Gasteiger partial charge >= 0.3 is 0 Å². The summed E-state index contributed by atoms with van der Waals surface area (Å²) in [5.74, 6) is 0.665. The Morgan fingerprint density at radius 3 is 2.50 bits per heavy atom. The van der Waals surface area contributed by atoms with Crippen LogP contribution in [-0.2, 0) is 0 Å². The van der Waals surface area contributed by atoms with E-state index in [0.717, 1.165) is 5.70 Å². The minimum Gasteiger partial charge on any atom is -0.391 e. The van der Waals surface area contributed by atoms with E-state index in [1.165, 1.54) is 32.1 Å². The van der Waals surface area contributed by atoms with Gasteiger partial charge in [-0.15, -0.1) is 0 Å². The first-order valence-corrected chi connectivity index (χ1v) is 4.88. The summed E-state index contributed by atoms with van der Waals surface area (Å²) in [5, 5.41) is 3.04. The van der Waals surface area contributed by atoms with Gasteiger partial charge in [0.25, 0.3) is 0 Å². The summed E-state index contributed by atoms with van der Waals surface area (Å²) in [4.78, 5) is 0. The summed E-state index contributed by atoms with van der Waals surface area (Å²) >= 11 is 0. The van der Waals surface area contributed by atoms with Gasteiger partial charge < -0.3 is 11.1 Å². The zero-order valence-electron chi connectivity index (χ0n) is 7.97. The van der Waals surface area contributed by atoms with Crippen LogP contribution >= 0.6 is 0 Å². The topological polar surface area (TPSA) is 38.0 Å². The van der Waals surface area contributed by atoms with Gasteiger partial charge in [-0.25, -0.2) is 0 Å². The summed E-state index contributed by atoms with van der Waals surface area (Å²) < 4.78 is 0. The lowest BCUT2D eigenvalue weighted by atomic mass is 9.83. The molecule has 3 N–H and O–H groups in total. The largest absolute Gasteiger partial charge is 0.391 e. The predicted molar refractivity (Wildman–Crippen MR) is 52.8 cm³/mol. The highest BCUT2D eigenvalue weighted by Crippen LogP contribution is 2.27. The number of nitrogens with two attached hydrogens (primary N) is 1. The van der Waals surface area contributed by atoms with Crippen LogP contribution in [0.2, 0.25) is 0 Å². The average molecular weight is 168 g/mol. The molecule has 1 aliphatic rings. The van der Waals surface area contributed by atoms with Gasteiger partial charge in [-0.2, -0.15) is 0 Å². The third kappa shape index (κ3) is 2.24. The molecule has 12 heavy (non-hydrogen) atoms. The van der Waals surface area contributed by atoms with E-state index in [4.69, 9.17) is 5.73 Å². The standard InChI is InChI=1S/C10H20N2/c1-8(12-2)10(11)9-6-4-3-5-7-9/h9-10,12H,1,3-7,11H2,2H3/t10-/m1/s1. The Hall–Kier alpha value is -0.500. The van der Waals surface area contributed by atoms with E-state index >= 15 is 0 Å². The molecule has 0 spiro atoms. The summed E-state index contributed by atoms with van der Waals surface area (Å²) in [6, 6.07) is 0.162. The first kappa shape index (κ1) is 9.59. The van der Waals surface area contributed by atoms with Crippen LogP contribution in [-0.4, -0.2) is 13.1 Å². The molecule has 0 aliphatic heterocycles. The highest BCUT2D eigenvalue weighted by atomic mass is 14.9. The molecule has 0 radical (unpaired) electrons. The van der Waals surface area contributed by atoms with E-state index in [2.05, 4.69) is 11.9 Å². The Labute approximate surface area is 75.2 Å². The van der Waals surface area contributed by atoms with Crippen LogP contribution < -0.4 is 11.1 Å². The molecule has 2 nitrogen and oxygen atoms in total. The van der Waals surface area contributed by atoms with Crippen LogP contribution in [0.25, 0.3) is 0 Å². The van der Waals surface area contributed by atoms with Gasteiger partial charge in [0.15, 0.2) is 0 Å². The molecule has 1 rings (SSSR count). The summed E-state index contributed by atoms with van der Waals surface area (Å²) in [7, 11) is 1.89. The van der Waals surface area contributed by atoms with Gasteiger partial charge in [-0.1, -0.05) is 25.8 Å². The molecule has 0 aromatic heterocycles. The highest BCUT2D eigenvalue weighted by Gasteiger charge is 2.21. The molecular formula is C10H20N2. The first-order valence-electron chi connectivity index (χ1n) is 4.88. The second kappa shape index (κ2) is 4.51. The van der Waals surface area contributed by atoms with E-state index in [9.17, 15) is 0 Å². The maximum absolute atomic E-state index is 6.04. The van der Waals surface area contributed by atoms with Crippen LogP contribution in [0.15, 0.2) is 12.3 Å². The maximum atomic E-state index is 6.04. The smallest absolute Gasteiger partial charge is 0.0466 e. The molecule has 0 heterocycles. The Morgan fingerprint density at radius 2 is 2.00 bits per heavy atom. The van der Waals surface area contributed by atoms with Gasteiger partial charge in [0, 0.05) is 18.8 Å². The van der Waals surface area contributed by atoms with Crippen LogP contribution in [0, 0.1) is 5.92 Å². The number of likely N-dealkylation sites (N-methyl/N-ethyl adjacent to an activating group) is 1. The molecule has 2 heteroatoms. The van der Waals surface area contributed by atoms with Crippen molar-refractivity contribution < 1.29 is 0 Å². The summed E-state index contributed by atoms with van der Waals surface area (Å²) in [6.07, 6.45) is 6.63. The molecule has 0 bridgehead atoms. The zero-order chi connectivity index (χ0) is 8.97. The molecule has 1 aliphatic carbocycles. The van der Waals surface area contributed by atoms with Crippen molar-refractivity contribution in [3.05, 3.63) is 12.3 Å². The number of hydrogen-bond acceptors (Lipinski definition) is 2. The molecule has 1 atom stereocenters. The lowest BCUT2D eigenvalue weighted by molar-refractivity contribution is 0.320. The quantitative estimate of drug-likeness (QED) is 0.672. The maximum Gasteiger partial charge on any atom is 0.0466 e. The predicted octanol–water partition coefficient (Wildman–Crippen LogP) is 1.63. The van der Waals surface area contributed by atoms with Crippen LogP contribution in [0.3, 0.4) is 0 Å². The van der Waals surface area contributed by atoms with Crippen molar-refractivity contribution in [1.29, 1.82) is 0 Å². The Bertz CT molecular complexity index is 148. The van der Waals surface area contributed by atoms with Crippen LogP contribution in [0.4, 0.5) is 0 Å². The zero-order valence-corrected chi connectivity index (χ0v) is 7.97. The normalized spacial score (nSPS) is 21.8. The molecule has 0 unspecified atom stereocenters. The van der Waals surface area contributed by atoms with Crippen LogP contribution in [0.1, 0.15) is 32.1 Å². The fourth-order valence-corrected chi connectivity index (χ4v) is 1.94. The third-order valence-corrected chi connectivity index (χ3v) is 2.88. The highest BCUT2D eigenvalue weighted by molar-refractivity contribution is 5.03. The molecule has 0 aromatic carbocycles. The van der Waals surface area contributed by atoms with E-state index in [-0.39, 0.29) is 6.04 Å². The Morgan fingerprint density at radius 1 is 1.42 bits per heavy atom. The third-order valence-electron chi connectivity index (χ3n) is 2.88. The van der Waals surface area contributed by atoms with E-state index in [1.54, 1.807) is 0 Å². The van der Waals surface area contributed by atoms with E-state index < -0.39 is 0 Å². The van der Waals surface area contributed by atoms with Gasteiger partial charge in [-0.3, -0.25) is 0 Å². The monoisotopic (exact) mass is 168 g/mol. The minimum atomic E-state index is 0.162. The van der Waals surface area contributed by atoms with Gasteiger partial charge in [-0.05, 0) is 18.8 Å². The second-order valence-corrected chi connectivity index (χ2v) is 3.70. The Kier molecular flexibility index (Phi) is 3.60. The van der Waals surface area contributed by atoms with E-state index in [1.807, 2.05) is 7.05 Å². The van der Waals surface area contributed by atoms with Gasteiger partial charge in [0.1, 0.15) is 0 Å². The van der Waals surface area contributed by atoms with Crippen molar-refractivity contribution >= 4 is 0 Å². The fourth-order valence-electron chi connectivity index (χ4n) is 1.94. The van der Waals surface area contributed by atoms with Gasteiger partial charge in [0.05, 0.1) is 0 Å². The van der Waals surface area contributed by atoms with E-state index in [0.29, 0.717) is 5.92 Å². The van der Waals surface area contributed by atoms with Crippen molar-refractivity contribution in [2.24, 2.45) is 11.7 Å². The lowest BCUT2D eigenvalue weighted by Crippen LogP contribution is -2.37. The van der Waals surface area contributed by atoms with Crippen molar-refractivity contribution in [3.63, 3.8) is 0 Å². The molecular weight excluding hydrogens is 148 g/mol. The van der Waals surface area contributed by atoms with Crippen molar-refractivity contribution in [2.75, 3.05) is 7.05 Å². The van der Waals surface area contributed by atoms with Crippen LogP contribution in [0.5, 0.6) is 0 Å². The van der Waals surface area contributed by atoms with Crippen molar-refractivity contribution in [2.45, 2.75) is 38.1 Å². The first-order chi connectivity index (χ1) is 5.75. The molecule has 0 aromatic rings. The summed E-state index contributed by atoms with van der Waals surface area (Å²) in [6.45, 7) is 3.91.